The van der Waals surface area contributed by atoms with Gasteiger partial charge in [-0.1, -0.05) is 26.0 Å². The summed E-state index contributed by atoms with van der Waals surface area (Å²) in [4.78, 5) is 21.1. The van der Waals surface area contributed by atoms with E-state index < -0.39 is 0 Å². The van der Waals surface area contributed by atoms with Gasteiger partial charge in [0.1, 0.15) is 0 Å². The Hall–Kier alpha value is -2.75. The number of aromatic nitrogens is 2. The smallest absolute Gasteiger partial charge is 0.257 e. The van der Waals surface area contributed by atoms with Crippen LogP contribution in [0.5, 0.6) is 0 Å². The third-order valence-electron chi connectivity index (χ3n) is 3.89. The van der Waals surface area contributed by atoms with Gasteiger partial charge in [0.05, 0.1) is 16.8 Å². The maximum absolute atomic E-state index is 12.5. The lowest BCUT2D eigenvalue weighted by Crippen LogP contribution is -2.14. The molecule has 0 atom stereocenters. The van der Waals surface area contributed by atoms with Crippen LogP contribution in [0.4, 0.5) is 5.69 Å². The molecule has 0 fully saturated rings. The number of pyridine rings is 2. The number of nitrogens with zero attached hydrogens (tertiary/aromatic N) is 2. The molecule has 0 aliphatic carbocycles. The number of benzene rings is 1. The van der Waals surface area contributed by atoms with Gasteiger partial charge >= 0.3 is 0 Å². The SMILES string of the molecule is Cc1nc2ccncc2cc1C(=O)Nc1ccc(C(C)C)cc1. The quantitative estimate of drug-likeness (QED) is 0.784. The zero-order chi connectivity index (χ0) is 16.4. The molecule has 0 radical (unpaired) electrons. The van der Waals surface area contributed by atoms with Crippen LogP contribution in [-0.4, -0.2) is 15.9 Å². The zero-order valence-electron chi connectivity index (χ0n) is 13.5. The van der Waals surface area contributed by atoms with Crippen LogP contribution >= 0.6 is 0 Å². The minimum absolute atomic E-state index is 0.155. The first-order valence-electron chi connectivity index (χ1n) is 7.67. The molecule has 23 heavy (non-hydrogen) atoms. The summed E-state index contributed by atoms with van der Waals surface area (Å²) in [7, 11) is 0. The van der Waals surface area contributed by atoms with E-state index in [0.29, 0.717) is 17.2 Å². The molecule has 0 aliphatic heterocycles. The third-order valence-corrected chi connectivity index (χ3v) is 3.89. The summed E-state index contributed by atoms with van der Waals surface area (Å²) in [6.07, 6.45) is 3.42. The summed E-state index contributed by atoms with van der Waals surface area (Å²) in [6, 6.07) is 11.6. The fraction of sp³-hybridized carbons (Fsp3) is 0.211. The van der Waals surface area contributed by atoms with Crippen molar-refractivity contribution in [3.8, 4) is 0 Å². The third kappa shape index (κ3) is 3.21. The lowest BCUT2D eigenvalue weighted by Gasteiger charge is -2.10. The van der Waals surface area contributed by atoms with E-state index in [4.69, 9.17) is 0 Å². The van der Waals surface area contributed by atoms with Crippen molar-refractivity contribution >= 4 is 22.5 Å². The van der Waals surface area contributed by atoms with Crippen molar-refractivity contribution < 1.29 is 4.79 Å². The molecule has 4 heteroatoms. The average molecular weight is 305 g/mol. The van der Waals surface area contributed by atoms with E-state index in [2.05, 4.69) is 29.1 Å². The molecule has 0 aliphatic rings. The van der Waals surface area contributed by atoms with Crippen molar-refractivity contribution in [3.05, 3.63) is 65.6 Å². The van der Waals surface area contributed by atoms with E-state index in [1.54, 1.807) is 12.4 Å². The Kier molecular flexibility index (Phi) is 4.06. The predicted octanol–water partition coefficient (Wildman–Crippen LogP) is 4.31. The van der Waals surface area contributed by atoms with Crippen molar-refractivity contribution in [2.75, 3.05) is 5.32 Å². The highest BCUT2D eigenvalue weighted by Gasteiger charge is 2.12. The van der Waals surface area contributed by atoms with Crippen molar-refractivity contribution in [3.63, 3.8) is 0 Å². The van der Waals surface area contributed by atoms with Gasteiger partial charge in [0, 0.05) is 23.5 Å². The summed E-state index contributed by atoms with van der Waals surface area (Å²) in [6.45, 7) is 6.13. The Morgan fingerprint density at radius 1 is 1.13 bits per heavy atom. The number of carbonyl (C=O) groups is 1. The van der Waals surface area contributed by atoms with Crippen molar-refractivity contribution in [1.29, 1.82) is 0 Å². The monoisotopic (exact) mass is 305 g/mol. The van der Waals surface area contributed by atoms with E-state index in [1.807, 2.05) is 43.3 Å². The van der Waals surface area contributed by atoms with Crippen molar-refractivity contribution in [2.45, 2.75) is 26.7 Å². The summed E-state index contributed by atoms with van der Waals surface area (Å²) in [5, 5.41) is 3.79. The standard InChI is InChI=1S/C19H19N3O/c1-12(2)14-4-6-16(7-5-14)22-19(23)17-10-15-11-20-9-8-18(15)21-13(17)3/h4-12H,1-3H3,(H,22,23). The molecule has 0 spiro atoms. The van der Waals surface area contributed by atoms with Crippen LogP contribution in [0.25, 0.3) is 10.9 Å². The van der Waals surface area contributed by atoms with Gasteiger partial charge in [-0.25, -0.2) is 0 Å². The van der Waals surface area contributed by atoms with Crippen LogP contribution in [0.1, 0.15) is 41.4 Å². The summed E-state index contributed by atoms with van der Waals surface area (Å²) in [5.41, 5.74) is 4.15. The lowest BCUT2D eigenvalue weighted by molar-refractivity contribution is 0.102. The van der Waals surface area contributed by atoms with Crippen molar-refractivity contribution in [1.82, 2.24) is 9.97 Å². The van der Waals surface area contributed by atoms with Gasteiger partial charge in [-0.3, -0.25) is 14.8 Å². The summed E-state index contributed by atoms with van der Waals surface area (Å²) < 4.78 is 0. The van der Waals surface area contributed by atoms with E-state index in [9.17, 15) is 4.79 Å². The molecule has 0 bridgehead atoms. The molecule has 0 unspecified atom stereocenters. The van der Waals surface area contributed by atoms with Crippen LogP contribution in [0, 0.1) is 6.92 Å². The van der Waals surface area contributed by atoms with Gasteiger partial charge in [0.2, 0.25) is 0 Å². The molecule has 1 aromatic carbocycles. The van der Waals surface area contributed by atoms with Crippen LogP contribution < -0.4 is 5.32 Å². The molecule has 1 N–H and O–H groups in total. The van der Waals surface area contributed by atoms with Gasteiger partial charge in [-0.05, 0) is 42.7 Å². The number of hydrogen-bond donors (Lipinski definition) is 1. The molecule has 2 aromatic heterocycles. The highest BCUT2D eigenvalue weighted by atomic mass is 16.1. The van der Waals surface area contributed by atoms with E-state index >= 15 is 0 Å². The number of nitrogens with one attached hydrogen (secondary N) is 1. The minimum Gasteiger partial charge on any atom is -0.322 e. The second-order valence-electron chi connectivity index (χ2n) is 5.92. The predicted molar refractivity (Wildman–Crippen MR) is 92.8 cm³/mol. The average Bonchev–Trinajstić information content (AvgIpc) is 2.54. The minimum atomic E-state index is -0.155. The van der Waals surface area contributed by atoms with Crippen LogP contribution in [0.3, 0.4) is 0 Å². The second kappa shape index (κ2) is 6.16. The topological polar surface area (TPSA) is 54.9 Å². The second-order valence-corrected chi connectivity index (χ2v) is 5.92. The Bertz CT molecular complexity index is 854. The molecular weight excluding hydrogens is 286 g/mol. The van der Waals surface area contributed by atoms with E-state index in [1.165, 1.54) is 5.56 Å². The number of hydrogen-bond acceptors (Lipinski definition) is 3. The molecule has 116 valence electrons. The molecular formula is C19H19N3O. The van der Waals surface area contributed by atoms with E-state index in [-0.39, 0.29) is 5.91 Å². The van der Waals surface area contributed by atoms with Crippen LogP contribution in [0.2, 0.25) is 0 Å². The molecule has 2 heterocycles. The maximum Gasteiger partial charge on any atom is 0.257 e. The number of aryl methyl sites for hydroxylation is 1. The fourth-order valence-electron chi connectivity index (χ4n) is 2.49. The number of amides is 1. The number of fused-ring (bicyclic) bond motifs is 1. The number of carbonyl (C=O) groups excluding carboxylic acids is 1. The number of anilines is 1. The summed E-state index contributed by atoms with van der Waals surface area (Å²) >= 11 is 0. The lowest BCUT2D eigenvalue weighted by atomic mass is 10.0. The molecule has 1 amide bonds. The Balaban J connectivity index is 1.86. The van der Waals surface area contributed by atoms with Crippen LogP contribution in [0.15, 0.2) is 48.8 Å². The molecule has 0 saturated carbocycles. The Morgan fingerprint density at radius 3 is 2.57 bits per heavy atom. The first kappa shape index (κ1) is 15.2. The number of rotatable bonds is 3. The largest absolute Gasteiger partial charge is 0.322 e. The fourth-order valence-corrected chi connectivity index (χ4v) is 2.49. The van der Waals surface area contributed by atoms with E-state index in [0.717, 1.165) is 16.6 Å². The van der Waals surface area contributed by atoms with Crippen molar-refractivity contribution in [2.24, 2.45) is 0 Å². The first-order chi connectivity index (χ1) is 11.0. The highest BCUT2D eigenvalue weighted by molar-refractivity contribution is 6.06. The Morgan fingerprint density at radius 2 is 1.87 bits per heavy atom. The first-order valence-corrected chi connectivity index (χ1v) is 7.67. The highest BCUT2D eigenvalue weighted by Crippen LogP contribution is 2.19. The van der Waals surface area contributed by atoms with Gasteiger partial charge in [-0.2, -0.15) is 0 Å². The molecule has 4 nitrogen and oxygen atoms in total. The molecule has 3 aromatic rings. The summed E-state index contributed by atoms with van der Waals surface area (Å²) in [5.74, 6) is 0.317. The zero-order valence-corrected chi connectivity index (χ0v) is 13.5. The van der Waals surface area contributed by atoms with Gasteiger partial charge in [0.25, 0.3) is 5.91 Å². The normalized spacial score (nSPS) is 11.0. The van der Waals surface area contributed by atoms with Gasteiger partial charge < -0.3 is 5.32 Å². The van der Waals surface area contributed by atoms with Crippen LogP contribution in [-0.2, 0) is 0 Å². The maximum atomic E-state index is 12.5. The molecule has 0 saturated heterocycles. The van der Waals surface area contributed by atoms with Gasteiger partial charge in [0.15, 0.2) is 0 Å². The van der Waals surface area contributed by atoms with Gasteiger partial charge in [-0.15, -0.1) is 0 Å². The molecule has 3 rings (SSSR count). The Labute approximate surface area is 135 Å².